The van der Waals surface area contributed by atoms with Crippen molar-refractivity contribution >= 4 is 5.97 Å². The van der Waals surface area contributed by atoms with Gasteiger partial charge in [-0.3, -0.25) is 0 Å². The maximum absolute atomic E-state index is 15.0. The summed E-state index contributed by atoms with van der Waals surface area (Å²) in [4.78, 5) is 12.5. The number of halogens is 3. The average molecular weight is 481 g/mol. The van der Waals surface area contributed by atoms with Crippen LogP contribution in [0.25, 0.3) is 11.1 Å². The first-order valence-corrected chi connectivity index (χ1v) is 12.2. The van der Waals surface area contributed by atoms with Gasteiger partial charge in [0.15, 0.2) is 23.2 Å². The summed E-state index contributed by atoms with van der Waals surface area (Å²) in [6.45, 7) is 2.73. The van der Waals surface area contributed by atoms with E-state index < -0.39 is 23.4 Å². The summed E-state index contributed by atoms with van der Waals surface area (Å²) in [7, 11) is 0. The Bertz CT molecular complexity index is 1230. The van der Waals surface area contributed by atoms with E-state index in [0.29, 0.717) is 29.2 Å². The van der Waals surface area contributed by atoms with Crippen LogP contribution in [0.4, 0.5) is 13.2 Å². The van der Waals surface area contributed by atoms with Crippen LogP contribution in [-0.2, 0) is 4.74 Å². The Labute approximate surface area is 202 Å². The molecule has 1 aliphatic heterocycles. The zero-order valence-corrected chi connectivity index (χ0v) is 19.5. The van der Waals surface area contributed by atoms with Gasteiger partial charge in [0, 0.05) is 5.56 Å². The molecule has 3 aromatic rings. The number of carbonyl (C=O) groups is 1. The van der Waals surface area contributed by atoms with Gasteiger partial charge in [0.05, 0.1) is 12.2 Å². The molecule has 3 nitrogen and oxygen atoms in total. The molecule has 1 atom stereocenters. The lowest BCUT2D eigenvalue weighted by atomic mass is 9.77. The highest BCUT2D eigenvalue weighted by Gasteiger charge is 2.27. The maximum atomic E-state index is 15.0. The molecule has 1 heterocycles. The standard InChI is InChI=1S/C29H27F3O3/c1-2-17-3-5-18(6-4-17)22-12-13-23(28(32)27(22)31)19-7-9-20(10-8-19)29(33)35-25-14-11-21(15-24(25)30)26-16-34-26/h7-15,17-18,26H,2-6,16H2,1H3. The summed E-state index contributed by atoms with van der Waals surface area (Å²) in [5.74, 6) is -2.51. The maximum Gasteiger partial charge on any atom is 0.343 e. The summed E-state index contributed by atoms with van der Waals surface area (Å²) in [5.41, 5.74) is 1.90. The predicted molar refractivity (Wildman–Crippen MR) is 127 cm³/mol. The van der Waals surface area contributed by atoms with Crippen LogP contribution in [0, 0.1) is 23.4 Å². The number of hydrogen-bond donors (Lipinski definition) is 0. The van der Waals surface area contributed by atoms with E-state index in [2.05, 4.69) is 6.92 Å². The van der Waals surface area contributed by atoms with E-state index in [0.717, 1.165) is 32.1 Å². The lowest BCUT2D eigenvalue weighted by Gasteiger charge is -2.28. The number of ether oxygens (including phenoxy) is 2. The first-order valence-electron chi connectivity index (χ1n) is 12.2. The molecule has 1 aliphatic carbocycles. The predicted octanol–water partition coefficient (Wildman–Crippen LogP) is 7.75. The topological polar surface area (TPSA) is 38.8 Å². The highest BCUT2D eigenvalue weighted by molar-refractivity contribution is 5.91. The van der Waals surface area contributed by atoms with Crippen molar-refractivity contribution in [3.63, 3.8) is 0 Å². The molecule has 1 saturated heterocycles. The van der Waals surface area contributed by atoms with Crippen LogP contribution in [0.2, 0.25) is 0 Å². The van der Waals surface area contributed by atoms with Gasteiger partial charge in [-0.05, 0) is 78.5 Å². The fraction of sp³-hybridized carbons (Fsp3) is 0.345. The third-order valence-corrected chi connectivity index (χ3v) is 7.27. The second-order valence-electron chi connectivity index (χ2n) is 9.43. The summed E-state index contributed by atoms with van der Waals surface area (Å²) in [5, 5.41) is 0. The largest absolute Gasteiger partial charge is 0.420 e. The van der Waals surface area contributed by atoms with Crippen molar-refractivity contribution in [2.45, 2.75) is 51.0 Å². The summed E-state index contributed by atoms with van der Waals surface area (Å²) in [6, 6.07) is 13.6. The molecule has 1 saturated carbocycles. The van der Waals surface area contributed by atoms with E-state index in [9.17, 15) is 13.6 Å². The normalized spacial score (nSPS) is 21.5. The molecule has 2 fully saturated rings. The minimum absolute atomic E-state index is 0.0461. The van der Waals surface area contributed by atoms with Crippen LogP contribution in [0.5, 0.6) is 5.75 Å². The lowest BCUT2D eigenvalue weighted by molar-refractivity contribution is 0.0728. The lowest BCUT2D eigenvalue weighted by Crippen LogP contribution is -2.14. The van der Waals surface area contributed by atoms with Crippen LogP contribution in [-0.4, -0.2) is 12.6 Å². The van der Waals surface area contributed by atoms with E-state index in [1.54, 1.807) is 18.2 Å². The number of rotatable bonds is 6. The van der Waals surface area contributed by atoms with Crippen molar-refractivity contribution in [1.82, 2.24) is 0 Å². The van der Waals surface area contributed by atoms with Gasteiger partial charge in [-0.2, -0.15) is 0 Å². The second-order valence-corrected chi connectivity index (χ2v) is 9.43. The smallest absolute Gasteiger partial charge is 0.343 e. The van der Waals surface area contributed by atoms with Crippen molar-refractivity contribution in [2.24, 2.45) is 5.92 Å². The molecular formula is C29H27F3O3. The van der Waals surface area contributed by atoms with Crippen LogP contribution in [0.1, 0.15) is 72.5 Å². The first kappa shape index (κ1) is 23.6. The van der Waals surface area contributed by atoms with Crippen molar-refractivity contribution < 1.29 is 27.4 Å². The Morgan fingerprint density at radius 1 is 0.943 bits per heavy atom. The van der Waals surface area contributed by atoms with Gasteiger partial charge < -0.3 is 9.47 Å². The first-order chi connectivity index (χ1) is 16.9. The van der Waals surface area contributed by atoms with Crippen LogP contribution >= 0.6 is 0 Å². The monoisotopic (exact) mass is 480 g/mol. The van der Waals surface area contributed by atoms with Gasteiger partial charge in [-0.15, -0.1) is 0 Å². The molecule has 0 amide bonds. The van der Waals surface area contributed by atoms with Crippen LogP contribution in [0.15, 0.2) is 54.6 Å². The molecule has 0 spiro atoms. The molecule has 0 N–H and O–H groups in total. The SMILES string of the molecule is CCC1CCC(c2ccc(-c3ccc(C(=O)Oc4ccc(C5CO5)cc4F)cc3)c(F)c2F)CC1. The Kier molecular flexibility index (Phi) is 6.65. The Morgan fingerprint density at radius 2 is 1.66 bits per heavy atom. The fourth-order valence-electron chi connectivity index (χ4n) is 4.97. The zero-order valence-electron chi connectivity index (χ0n) is 19.5. The zero-order chi connectivity index (χ0) is 24.5. The second kappa shape index (κ2) is 9.86. The fourth-order valence-corrected chi connectivity index (χ4v) is 4.97. The van der Waals surface area contributed by atoms with Gasteiger partial charge in [0.1, 0.15) is 6.10 Å². The molecular weight excluding hydrogens is 453 g/mol. The van der Waals surface area contributed by atoms with Gasteiger partial charge in [-0.25, -0.2) is 18.0 Å². The highest BCUT2D eigenvalue weighted by Crippen LogP contribution is 2.40. The van der Waals surface area contributed by atoms with E-state index in [4.69, 9.17) is 9.47 Å². The van der Waals surface area contributed by atoms with Gasteiger partial charge in [-0.1, -0.05) is 43.7 Å². The number of esters is 1. The van der Waals surface area contributed by atoms with Crippen molar-refractivity contribution in [3.8, 4) is 16.9 Å². The van der Waals surface area contributed by atoms with E-state index >= 15 is 4.39 Å². The van der Waals surface area contributed by atoms with Crippen LogP contribution in [0.3, 0.4) is 0 Å². The summed E-state index contributed by atoms with van der Waals surface area (Å²) in [6.07, 6.45) is 4.88. The van der Waals surface area contributed by atoms with E-state index in [-0.39, 0.29) is 28.9 Å². The molecule has 0 aromatic heterocycles. The van der Waals surface area contributed by atoms with Crippen LogP contribution < -0.4 is 4.74 Å². The molecule has 0 radical (unpaired) electrons. The number of epoxide rings is 1. The quantitative estimate of drug-likeness (QED) is 0.206. The minimum atomic E-state index is -0.878. The summed E-state index contributed by atoms with van der Waals surface area (Å²) >= 11 is 0. The van der Waals surface area contributed by atoms with Crippen molar-refractivity contribution in [2.75, 3.05) is 6.61 Å². The molecule has 1 unspecified atom stereocenters. The molecule has 6 heteroatoms. The van der Waals surface area contributed by atoms with Crippen molar-refractivity contribution in [1.29, 1.82) is 0 Å². The highest BCUT2D eigenvalue weighted by atomic mass is 19.2. The molecule has 35 heavy (non-hydrogen) atoms. The third-order valence-electron chi connectivity index (χ3n) is 7.27. The van der Waals surface area contributed by atoms with Gasteiger partial charge in [0.2, 0.25) is 0 Å². The van der Waals surface area contributed by atoms with E-state index in [1.165, 1.54) is 36.4 Å². The Hall–Kier alpha value is -3.12. The van der Waals surface area contributed by atoms with E-state index in [1.807, 2.05) is 0 Å². The summed E-state index contributed by atoms with van der Waals surface area (Å²) < 4.78 is 54.6. The van der Waals surface area contributed by atoms with Gasteiger partial charge >= 0.3 is 5.97 Å². The molecule has 0 bridgehead atoms. The van der Waals surface area contributed by atoms with Gasteiger partial charge in [0.25, 0.3) is 0 Å². The number of hydrogen-bond acceptors (Lipinski definition) is 3. The minimum Gasteiger partial charge on any atom is -0.420 e. The molecule has 2 aliphatic rings. The Morgan fingerprint density at radius 3 is 2.29 bits per heavy atom. The molecule has 182 valence electrons. The third kappa shape index (κ3) is 4.98. The number of carbonyl (C=O) groups excluding carboxylic acids is 1. The van der Waals surface area contributed by atoms with Crippen molar-refractivity contribution in [3.05, 3.63) is 88.7 Å². The molecule has 3 aromatic carbocycles. The Balaban J connectivity index is 1.29. The number of benzene rings is 3. The molecule has 5 rings (SSSR count). The average Bonchev–Trinajstić information content (AvgIpc) is 3.73.